The van der Waals surface area contributed by atoms with Crippen molar-refractivity contribution in [3.63, 3.8) is 0 Å². The number of aliphatic imine (C=N–C) groups is 1. The number of nitrogens with zero attached hydrogens (tertiary/aromatic N) is 1. The fourth-order valence-corrected chi connectivity index (χ4v) is 1.44. The molecule has 4 N–H and O–H groups in total. The first kappa shape index (κ1) is 17.3. The van der Waals surface area contributed by atoms with E-state index in [9.17, 15) is 14.7 Å². The smallest absolute Gasteiger partial charge is 0.260 e. The number of hydrazine groups is 1. The maximum absolute atomic E-state index is 12.1. The first-order valence-corrected chi connectivity index (χ1v) is 6.68. The molecule has 116 valence electrons. The van der Waals surface area contributed by atoms with Gasteiger partial charge >= 0.3 is 0 Å². The molecule has 7 nitrogen and oxygen atoms in total. The molecule has 0 unspecified atom stereocenters. The lowest BCUT2D eigenvalue weighted by Crippen LogP contribution is -2.38. The summed E-state index contributed by atoms with van der Waals surface area (Å²) in [5, 5.41) is 12.1. The molecular weight excluding hydrogens is 304 g/mol. The molecule has 0 spiro atoms. The Morgan fingerprint density at radius 2 is 1.82 bits per heavy atom. The zero-order valence-corrected chi connectivity index (χ0v) is 12.9. The third-order valence-electron chi connectivity index (χ3n) is 2.32. The van der Waals surface area contributed by atoms with Crippen LogP contribution in [0.15, 0.2) is 46.7 Å². The maximum Gasteiger partial charge on any atom is 0.260 e. The summed E-state index contributed by atoms with van der Waals surface area (Å²) >= 11 is 4.83. The molecule has 0 heterocycles. The summed E-state index contributed by atoms with van der Waals surface area (Å²) in [5.41, 5.74) is 5.14. The van der Waals surface area contributed by atoms with Crippen LogP contribution in [0.3, 0.4) is 0 Å². The molecule has 0 aliphatic rings. The Hall–Kier alpha value is -2.74. The van der Waals surface area contributed by atoms with Gasteiger partial charge in [-0.25, -0.2) is 4.99 Å². The molecule has 8 heteroatoms. The van der Waals surface area contributed by atoms with E-state index in [4.69, 9.17) is 12.2 Å². The molecule has 0 fully saturated rings. The number of aliphatic hydroxyl groups is 1. The number of carbonyl (C=O) groups excluding carboxylic acids is 2. The van der Waals surface area contributed by atoms with E-state index in [0.717, 1.165) is 6.21 Å². The van der Waals surface area contributed by atoms with Gasteiger partial charge in [0.25, 0.3) is 5.91 Å². The Bertz CT molecular complexity index is 622. The number of hydrogen-bond acceptors (Lipinski definition) is 4. The number of carbonyl (C=O) groups is 2. The van der Waals surface area contributed by atoms with Gasteiger partial charge in [-0.2, -0.15) is 0 Å². The number of rotatable bonds is 3. The molecule has 1 aromatic carbocycles. The molecule has 1 rings (SSSR count). The SMILES string of the molecule is CC(=O)NNC(=S)/N=C/C(C(=O)Nc1ccccc1)=C(/C)O. The molecule has 0 saturated heterocycles. The minimum absolute atomic E-state index is 0.0455. The van der Waals surface area contributed by atoms with Crippen molar-refractivity contribution in [1.82, 2.24) is 10.9 Å². The van der Waals surface area contributed by atoms with E-state index in [0.29, 0.717) is 5.69 Å². The van der Waals surface area contributed by atoms with Gasteiger partial charge in [0.15, 0.2) is 0 Å². The van der Waals surface area contributed by atoms with Gasteiger partial charge in [-0.05, 0) is 31.3 Å². The van der Waals surface area contributed by atoms with Crippen LogP contribution in [0.4, 0.5) is 5.69 Å². The minimum atomic E-state index is -0.530. The van der Waals surface area contributed by atoms with Gasteiger partial charge in [-0.15, -0.1) is 0 Å². The highest BCUT2D eigenvalue weighted by Gasteiger charge is 2.11. The second-order valence-corrected chi connectivity index (χ2v) is 4.58. The largest absolute Gasteiger partial charge is 0.512 e. The van der Waals surface area contributed by atoms with Crippen LogP contribution in [0, 0.1) is 0 Å². The second kappa shape index (κ2) is 8.53. The molecule has 0 bridgehead atoms. The lowest BCUT2D eigenvalue weighted by Gasteiger charge is -2.07. The Balaban J connectivity index is 2.74. The molecule has 0 atom stereocenters. The molecule has 0 aromatic heterocycles. The standard InChI is InChI=1S/C14H16N4O3S/c1-9(19)12(8-15-14(22)18-17-10(2)20)13(21)16-11-6-4-3-5-7-11/h3-8,19H,1-2H3,(H,16,21)(H,17,20)(H,18,22)/b12-9+,15-8+. The van der Waals surface area contributed by atoms with Crippen molar-refractivity contribution in [1.29, 1.82) is 0 Å². The predicted molar refractivity (Wildman–Crippen MR) is 88.4 cm³/mol. The van der Waals surface area contributed by atoms with Gasteiger partial charge in [0.2, 0.25) is 11.0 Å². The van der Waals surface area contributed by atoms with Crippen LogP contribution in [0.1, 0.15) is 13.8 Å². The van der Waals surface area contributed by atoms with Gasteiger partial charge in [-0.1, -0.05) is 18.2 Å². The molecule has 22 heavy (non-hydrogen) atoms. The number of amides is 2. The topological polar surface area (TPSA) is 103 Å². The van der Waals surface area contributed by atoms with E-state index in [1.165, 1.54) is 13.8 Å². The van der Waals surface area contributed by atoms with Crippen LogP contribution in [-0.2, 0) is 9.59 Å². The summed E-state index contributed by atoms with van der Waals surface area (Å²) in [5.74, 6) is -1.08. The molecule has 0 aliphatic carbocycles. The summed E-state index contributed by atoms with van der Waals surface area (Å²) in [4.78, 5) is 26.6. The lowest BCUT2D eigenvalue weighted by atomic mass is 10.2. The zero-order chi connectivity index (χ0) is 16.5. The van der Waals surface area contributed by atoms with Crippen molar-refractivity contribution in [2.75, 3.05) is 5.32 Å². The van der Waals surface area contributed by atoms with E-state index < -0.39 is 5.91 Å². The minimum Gasteiger partial charge on any atom is -0.512 e. The number of aliphatic hydroxyl groups excluding tert-OH is 1. The molecule has 2 amide bonds. The molecule has 0 radical (unpaired) electrons. The lowest BCUT2D eigenvalue weighted by molar-refractivity contribution is -0.119. The fraction of sp³-hybridized carbons (Fsp3) is 0.143. The summed E-state index contributed by atoms with van der Waals surface area (Å²) in [6, 6.07) is 8.78. The first-order valence-electron chi connectivity index (χ1n) is 6.27. The third-order valence-corrected chi connectivity index (χ3v) is 2.53. The van der Waals surface area contributed by atoms with Crippen molar-refractivity contribution in [2.45, 2.75) is 13.8 Å². The van der Waals surface area contributed by atoms with Crippen molar-refractivity contribution in [3.8, 4) is 0 Å². The predicted octanol–water partition coefficient (Wildman–Crippen LogP) is 1.45. The van der Waals surface area contributed by atoms with E-state index in [1.54, 1.807) is 24.3 Å². The van der Waals surface area contributed by atoms with E-state index in [-0.39, 0.29) is 22.4 Å². The maximum atomic E-state index is 12.1. The highest BCUT2D eigenvalue weighted by atomic mass is 32.1. The Morgan fingerprint density at radius 3 is 2.36 bits per heavy atom. The number of hydrogen-bond donors (Lipinski definition) is 4. The number of para-hydroxylation sites is 1. The summed E-state index contributed by atoms with van der Waals surface area (Å²) in [6.07, 6.45) is 1.12. The van der Waals surface area contributed by atoms with Crippen LogP contribution < -0.4 is 16.2 Å². The van der Waals surface area contributed by atoms with Crippen LogP contribution in [0.2, 0.25) is 0 Å². The van der Waals surface area contributed by atoms with E-state index >= 15 is 0 Å². The van der Waals surface area contributed by atoms with Gasteiger partial charge in [0.05, 0.1) is 5.57 Å². The van der Waals surface area contributed by atoms with Gasteiger partial charge in [0, 0.05) is 18.8 Å². The van der Waals surface area contributed by atoms with Gasteiger partial charge < -0.3 is 10.4 Å². The summed E-state index contributed by atoms with van der Waals surface area (Å²) in [6.45, 7) is 2.66. The van der Waals surface area contributed by atoms with E-state index in [2.05, 4.69) is 21.2 Å². The highest BCUT2D eigenvalue weighted by Crippen LogP contribution is 2.08. The number of nitrogens with one attached hydrogen (secondary N) is 3. The Labute approximate surface area is 133 Å². The number of benzene rings is 1. The summed E-state index contributed by atoms with van der Waals surface area (Å²) < 4.78 is 0. The Morgan fingerprint density at radius 1 is 1.18 bits per heavy atom. The van der Waals surface area contributed by atoms with Crippen molar-refractivity contribution in [2.24, 2.45) is 4.99 Å². The molecule has 1 aromatic rings. The average molecular weight is 320 g/mol. The molecule has 0 aliphatic heterocycles. The average Bonchev–Trinajstić information content (AvgIpc) is 2.46. The van der Waals surface area contributed by atoms with Crippen molar-refractivity contribution >= 4 is 41.0 Å². The van der Waals surface area contributed by atoms with Crippen molar-refractivity contribution in [3.05, 3.63) is 41.7 Å². The number of thiocarbonyl (C=S) groups is 1. The fourth-order valence-electron chi connectivity index (χ4n) is 1.33. The summed E-state index contributed by atoms with van der Waals surface area (Å²) in [7, 11) is 0. The monoisotopic (exact) mass is 320 g/mol. The zero-order valence-electron chi connectivity index (χ0n) is 12.1. The van der Waals surface area contributed by atoms with Crippen molar-refractivity contribution < 1.29 is 14.7 Å². The molecule has 0 saturated carbocycles. The van der Waals surface area contributed by atoms with Crippen LogP contribution >= 0.6 is 12.2 Å². The normalized spacial score (nSPS) is 11.5. The number of allylic oxidation sites excluding steroid dienone is 1. The first-order chi connectivity index (χ1) is 10.4. The number of anilines is 1. The van der Waals surface area contributed by atoms with Crippen LogP contribution in [0.5, 0.6) is 0 Å². The third kappa shape index (κ3) is 6.14. The van der Waals surface area contributed by atoms with Gasteiger partial charge in [0.1, 0.15) is 5.76 Å². The van der Waals surface area contributed by atoms with Crippen LogP contribution in [-0.4, -0.2) is 28.2 Å². The van der Waals surface area contributed by atoms with E-state index in [1.807, 2.05) is 6.07 Å². The van der Waals surface area contributed by atoms with Gasteiger partial charge in [-0.3, -0.25) is 20.4 Å². The second-order valence-electron chi connectivity index (χ2n) is 4.19. The van der Waals surface area contributed by atoms with Crippen LogP contribution in [0.25, 0.3) is 0 Å². The quantitative estimate of drug-likeness (QED) is 0.222. The molecular formula is C14H16N4O3S. The Kier molecular flexibility index (Phi) is 6.71. The highest BCUT2D eigenvalue weighted by molar-refractivity contribution is 7.80.